The zero-order valence-electron chi connectivity index (χ0n) is 9.44. The van der Waals surface area contributed by atoms with Gasteiger partial charge in [-0.2, -0.15) is 5.26 Å². The zero-order chi connectivity index (χ0) is 13.7. The molecule has 0 saturated heterocycles. The van der Waals surface area contributed by atoms with Gasteiger partial charge in [-0.3, -0.25) is 4.79 Å². The van der Waals surface area contributed by atoms with Gasteiger partial charge in [-0.15, -0.1) is 0 Å². The molecule has 0 radical (unpaired) electrons. The quantitative estimate of drug-likeness (QED) is 0.610. The molecule has 1 aromatic carbocycles. The van der Waals surface area contributed by atoms with E-state index in [0.29, 0.717) is 0 Å². The Balaban J connectivity index is 3.48. The molecule has 0 amide bonds. The summed E-state index contributed by atoms with van der Waals surface area (Å²) in [7, 11) is 0. The Morgan fingerprint density at radius 1 is 1.56 bits per heavy atom. The summed E-state index contributed by atoms with van der Waals surface area (Å²) in [5.41, 5.74) is -1.83. The fourth-order valence-electron chi connectivity index (χ4n) is 1.48. The Kier molecular flexibility index (Phi) is 4.49. The average molecular weight is 253 g/mol. The van der Waals surface area contributed by atoms with Crippen LogP contribution in [0.1, 0.15) is 45.2 Å². The largest absolute Gasteiger partial charge is 0.462 e. The van der Waals surface area contributed by atoms with Gasteiger partial charge in [0, 0.05) is 11.1 Å². The number of benzene rings is 1. The molecule has 18 heavy (non-hydrogen) atoms. The topological polar surface area (TPSA) is 67.2 Å². The number of carbonyl (C=O) groups excluding carboxylic acids is 2. The SMILES string of the molecule is CCOC(=O)c1ccc(C#N)c(C(F)F)c1C=O. The van der Waals surface area contributed by atoms with Gasteiger partial charge < -0.3 is 4.74 Å². The van der Waals surface area contributed by atoms with Crippen molar-refractivity contribution in [2.24, 2.45) is 0 Å². The van der Waals surface area contributed by atoms with E-state index in [1.54, 1.807) is 13.0 Å². The number of halogens is 2. The van der Waals surface area contributed by atoms with Crippen LogP contribution in [0.4, 0.5) is 8.78 Å². The molecule has 1 rings (SSSR count). The van der Waals surface area contributed by atoms with Gasteiger partial charge in [0.2, 0.25) is 0 Å². The number of carbonyl (C=O) groups is 2. The molecule has 0 aliphatic carbocycles. The van der Waals surface area contributed by atoms with Crippen LogP contribution in [0.15, 0.2) is 12.1 Å². The fourth-order valence-corrected chi connectivity index (χ4v) is 1.48. The van der Waals surface area contributed by atoms with Crippen molar-refractivity contribution in [2.75, 3.05) is 6.61 Å². The molecule has 0 bridgehead atoms. The smallest absolute Gasteiger partial charge is 0.338 e. The van der Waals surface area contributed by atoms with Crippen molar-refractivity contribution >= 4 is 12.3 Å². The molecule has 0 aliphatic rings. The summed E-state index contributed by atoms with van der Waals surface area (Å²) >= 11 is 0. The number of nitriles is 1. The highest BCUT2D eigenvalue weighted by Crippen LogP contribution is 2.28. The number of aldehydes is 1. The minimum Gasteiger partial charge on any atom is -0.462 e. The maximum Gasteiger partial charge on any atom is 0.338 e. The number of esters is 1. The molecule has 0 spiro atoms. The second kappa shape index (κ2) is 5.87. The van der Waals surface area contributed by atoms with Crippen LogP contribution < -0.4 is 0 Å². The van der Waals surface area contributed by atoms with Crippen molar-refractivity contribution in [3.8, 4) is 6.07 Å². The van der Waals surface area contributed by atoms with Crippen molar-refractivity contribution in [3.05, 3.63) is 34.4 Å². The summed E-state index contributed by atoms with van der Waals surface area (Å²) in [6.07, 6.45) is -2.89. The summed E-state index contributed by atoms with van der Waals surface area (Å²) in [6, 6.07) is 3.76. The molecule has 0 aromatic heterocycles. The molecule has 0 aliphatic heterocycles. The van der Waals surface area contributed by atoms with Crippen LogP contribution in [0.3, 0.4) is 0 Å². The highest BCUT2D eigenvalue weighted by molar-refractivity contribution is 5.99. The predicted molar refractivity (Wildman–Crippen MR) is 57.5 cm³/mol. The molecule has 94 valence electrons. The van der Waals surface area contributed by atoms with Crippen LogP contribution in [0, 0.1) is 11.3 Å². The van der Waals surface area contributed by atoms with Crippen molar-refractivity contribution in [2.45, 2.75) is 13.3 Å². The lowest BCUT2D eigenvalue weighted by Crippen LogP contribution is -2.11. The van der Waals surface area contributed by atoms with E-state index in [1.165, 1.54) is 0 Å². The van der Waals surface area contributed by atoms with Crippen molar-refractivity contribution in [3.63, 3.8) is 0 Å². The van der Waals surface area contributed by atoms with Crippen LogP contribution in [-0.2, 0) is 4.74 Å². The van der Waals surface area contributed by atoms with Gasteiger partial charge in [0.15, 0.2) is 6.29 Å². The van der Waals surface area contributed by atoms with E-state index in [1.807, 2.05) is 0 Å². The fraction of sp³-hybridized carbons (Fsp3) is 0.250. The summed E-state index contributed by atoms with van der Waals surface area (Å²) in [5, 5.41) is 8.70. The van der Waals surface area contributed by atoms with Gasteiger partial charge in [0.25, 0.3) is 6.43 Å². The minimum absolute atomic E-state index is 0.0567. The summed E-state index contributed by atoms with van der Waals surface area (Å²) in [5.74, 6) is -0.869. The first kappa shape index (κ1) is 13.8. The van der Waals surface area contributed by atoms with E-state index >= 15 is 0 Å². The number of hydrogen-bond donors (Lipinski definition) is 0. The number of ether oxygens (including phenoxy) is 1. The molecular formula is C12H9F2NO3. The number of nitrogens with zero attached hydrogens (tertiary/aromatic N) is 1. The third kappa shape index (κ3) is 2.51. The first-order valence-corrected chi connectivity index (χ1v) is 5.04. The maximum absolute atomic E-state index is 12.8. The minimum atomic E-state index is -3.02. The van der Waals surface area contributed by atoms with E-state index in [9.17, 15) is 18.4 Å². The highest BCUT2D eigenvalue weighted by Gasteiger charge is 2.24. The molecule has 0 atom stereocenters. The molecule has 0 heterocycles. The maximum atomic E-state index is 12.8. The van der Waals surface area contributed by atoms with Crippen molar-refractivity contribution < 1.29 is 23.1 Å². The predicted octanol–water partition coefficient (Wildman–Crippen LogP) is 2.49. The molecule has 6 heteroatoms. The van der Waals surface area contributed by atoms with Gasteiger partial charge in [-0.05, 0) is 19.1 Å². The molecular weight excluding hydrogens is 244 g/mol. The Hall–Kier alpha value is -2.29. The Labute approximate surface area is 102 Å². The molecule has 4 nitrogen and oxygen atoms in total. The monoisotopic (exact) mass is 253 g/mol. The van der Waals surface area contributed by atoms with E-state index in [4.69, 9.17) is 5.26 Å². The second-order valence-corrected chi connectivity index (χ2v) is 3.24. The number of alkyl halides is 2. The Bertz CT molecular complexity index is 521. The van der Waals surface area contributed by atoms with Crippen LogP contribution >= 0.6 is 0 Å². The lowest BCUT2D eigenvalue weighted by atomic mass is 9.97. The average Bonchev–Trinajstić information content (AvgIpc) is 2.36. The van der Waals surface area contributed by atoms with Crippen LogP contribution in [0.25, 0.3) is 0 Å². The van der Waals surface area contributed by atoms with Crippen molar-refractivity contribution in [1.29, 1.82) is 5.26 Å². The third-order valence-corrected chi connectivity index (χ3v) is 2.24. The summed E-state index contributed by atoms with van der Waals surface area (Å²) in [4.78, 5) is 22.4. The van der Waals surface area contributed by atoms with E-state index in [2.05, 4.69) is 4.74 Å². The van der Waals surface area contributed by atoms with Gasteiger partial charge in [0.1, 0.15) is 0 Å². The van der Waals surface area contributed by atoms with Gasteiger partial charge in [-0.25, -0.2) is 13.6 Å². The lowest BCUT2D eigenvalue weighted by Gasteiger charge is -2.10. The number of hydrogen-bond acceptors (Lipinski definition) is 4. The first-order chi connectivity index (χ1) is 8.56. The number of rotatable bonds is 4. The lowest BCUT2D eigenvalue weighted by molar-refractivity contribution is 0.0523. The van der Waals surface area contributed by atoms with E-state index in [-0.39, 0.29) is 24.0 Å². The van der Waals surface area contributed by atoms with Gasteiger partial charge >= 0.3 is 5.97 Å². The normalized spacial score (nSPS) is 9.94. The van der Waals surface area contributed by atoms with Crippen molar-refractivity contribution in [1.82, 2.24) is 0 Å². The molecule has 1 aromatic rings. The van der Waals surface area contributed by atoms with Crippen LogP contribution in [-0.4, -0.2) is 18.9 Å². The second-order valence-electron chi connectivity index (χ2n) is 3.24. The molecule has 0 saturated carbocycles. The van der Waals surface area contributed by atoms with Crippen LogP contribution in [0.5, 0.6) is 0 Å². The zero-order valence-corrected chi connectivity index (χ0v) is 9.44. The Morgan fingerprint density at radius 3 is 2.67 bits per heavy atom. The highest BCUT2D eigenvalue weighted by atomic mass is 19.3. The molecule has 0 N–H and O–H groups in total. The summed E-state index contributed by atoms with van der Waals surface area (Å²) < 4.78 is 30.3. The Morgan fingerprint density at radius 2 is 2.22 bits per heavy atom. The standard InChI is InChI=1S/C12H9F2NO3/c1-2-18-12(17)8-4-3-7(5-15)10(11(13)14)9(8)6-16/h3-4,6,11H,2H2,1H3. The molecule has 0 fully saturated rings. The van der Waals surface area contributed by atoms with Gasteiger partial charge in [0.05, 0.1) is 23.8 Å². The first-order valence-electron chi connectivity index (χ1n) is 5.04. The van der Waals surface area contributed by atoms with E-state index < -0.39 is 23.5 Å². The molecule has 0 unspecified atom stereocenters. The third-order valence-electron chi connectivity index (χ3n) is 2.24. The van der Waals surface area contributed by atoms with Crippen LogP contribution in [0.2, 0.25) is 0 Å². The summed E-state index contributed by atoms with van der Waals surface area (Å²) in [6.45, 7) is 1.61. The van der Waals surface area contributed by atoms with E-state index in [0.717, 1.165) is 12.1 Å². The van der Waals surface area contributed by atoms with Gasteiger partial charge in [-0.1, -0.05) is 0 Å².